The van der Waals surface area contributed by atoms with E-state index in [9.17, 15) is 0 Å². The standard InChI is InChI=1S/C12H18BrN3O/c1-14-6-9-5-10(13)7-15-12(9)16-4-3-11(8-16)17-2/h5,7,11,14H,3-4,6,8H2,1-2H3. The predicted octanol–water partition coefficient (Wildman–Crippen LogP) is 1.79. The van der Waals surface area contributed by atoms with Crippen molar-refractivity contribution in [3.8, 4) is 0 Å². The molecule has 1 aromatic heterocycles. The molecule has 0 saturated carbocycles. The molecule has 17 heavy (non-hydrogen) atoms. The van der Waals surface area contributed by atoms with Gasteiger partial charge in [-0.05, 0) is 35.5 Å². The third kappa shape index (κ3) is 2.97. The Morgan fingerprint density at radius 3 is 3.12 bits per heavy atom. The summed E-state index contributed by atoms with van der Waals surface area (Å²) in [7, 11) is 3.73. The Hall–Kier alpha value is -0.650. The lowest BCUT2D eigenvalue weighted by molar-refractivity contribution is 0.121. The number of ether oxygens (including phenoxy) is 1. The van der Waals surface area contributed by atoms with E-state index in [2.05, 4.69) is 37.2 Å². The van der Waals surface area contributed by atoms with Gasteiger partial charge >= 0.3 is 0 Å². The molecule has 0 aliphatic carbocycles. The summed E-state index contributed by atoms with van der Waals surface area (Å²) in [5.41, 5.74) is 1.22. The maximum absolute atomic E-state index is 5.39. The van der Waals surface area contributed by atoms with E-state index in [1.54, 1.807) is 7.11 Å². The number of halogens is 1. The zero-order valence-corrected chi connectivity index (χ0v) is 11.8. The van der Waals surface area contributed by atoms with Crippen LogP contribution in [0, 0.1) is 0 Å². The van der Waals surface area contributed by atoms with Crippen molar-refractivity contribution in [2.75, 3.05) is 32.1 Å². The van der Waals surface area contributed by atoms with Gasteiger partial charge in [-0.2, -0.15) is 0 Å². The molecule has 0 aromatic carbocycles. The minimum atomic E-state index is 0.336. The van der Waals surface area contributed by atoms with Crippen molar-refractivity contribution in [1.82, 2.24) is 10.3 Å². The fourth-order valence-electron chi connectivity index (χ4n) is 2.19. The van der Waals surface area contributed by atoms with Crippen molar-refractivity contribution >= 4 is 21.7 Å². The summed E-state index contributed by atoms with van der Waals surface area (Å²) < 4.78 is 6.41. The topological polar surface area (TPSA) is 37.4 Å². The minimum absolute atomic E-state index is 0.336. The summed E-state index contributed by atoms with van der Waals surface area (Å²) in [6.45, 7) is 2.78. The molecule has 0 radical (unpaired) electrons. The highest BCUT2D eigenvalue weighted by molar-refractivity contribution is 9.10. The van der Waals surface area contributed by atoms with Crippen LogP contribution in [0.15, 0.2) is 16.7 Å². The molecule has 0 spiro atoms. The smallest absolute Gasteiger partial charge is 0.133 e. The van der Waals surface area contributed by atoms with Crippen molar-refractivity contribution < 1.29 is 4.74 Å². The minimum Gasteiger partial charge on any atom is -0.380 e. The van der Waals surface area contributed by atoms with Crippen LogP contribution in [-0.4, -0.2) is 38.3 Å². The second-order valence-electron chi connectivity index (χ2n) is 4.26. The van der Waals surface area contributed by atoms with E-state index < -0.39 is 0 Å². The molecule has 0 amide bonds. The van der Waals surface area contributed by atoms with Crippen molar-refractivity contribution in [3.63, 3.8) is 0 Å². The van der Waals surface area contributed by atoms with Crippen molar-refractivity contribution in [2.45, 2.75) is 19.1 Å². The molecule has 94 valence electrons. The van der Waals surface area contributed by atoms with E-state index in [0.717, 1.165) is 36.3 Å². The molecule has 1 saturated heterocycles. The molecule has 5 heteroatoms. The predicted molar refractivity (Wildman–Crippen MR) is 72.3 cm³/mol. The summed E-state index contributed by atoms with van der Waals surface area (Å²) in [5.74, 6) is 1.07. The van der Waals surface area contributed by atoms with Crippen LogP contribution in [0.3, 0.4) is 0 Å². The van der Waals surface area contributed by atoms with E-state index in [-0.39, 0.29) is 0 Å². The molecule has 1 aliphatic heterocycles. The van der Waals surface area contributed by atoms with Crippen LogP contribution in [-0.2, 0) is 11.3 Å². The monoisotopic (exact) mass is 299 g/mol. The van der Waals surface area contributed by atoms with Gasteiger partial charge in [0.05, 0.1) is 6.10 Å². The number of nitrogens with zero attached hydrogens (tertiary/aromatic N) is 2. The highest BCUT2D eigenvalue weighted by Crippen LogP contribution is 2.25. The van der Waals surface area contributed by atoms with Crippen LogP contribution in [0.2, 0.25) is 0 Å². The zero-order chi connectivity index (χ0) is 12.3. The largest absolute Gasteiger partial charge is 0.380 e. The van der Waals surface area contributed by atoms with E-state index in [1.807, 2.05) is 13.2 Å². The van der Waals surface area contributed by atoms with Crippen molar-refractivity contribution in [1.29, 1.82) is 0 Å². The Labute approximate surface area is 110 Å². The van der Waals surface area contributed by atoms with Gasteiger partial charge in [0.25, 0.3) is 0 Å². The molecular formula is C12H18BrN3O. The van der Waals surface area contributed by atoms with E-state index >= 15 is 0 Å². The highest BCUT2D eigenvalue weighted by atomic mass is 79.9. The van der Waals surface area contributed by atoms with Crippen molar-refractivity contribution in [3.05, 3.63) is 22.3 Å². The van der Waals surface area contributed by atoms with Gasteiger partial charge in [-0.15, -0.1) is 0 Å². The molecule has 4 nitrogen and oxygen atoms in total. The van der Waals surface area contributed by atoms with Crippen LogP contribution in [0.25, 0.3) is 0 Å². The highest BCUT2D eigenvalue weighted by Gasteiger charge is 2.24. The second-order valence-corrected chi connectivity index (χ2v) is 5.17. The van der Waals surface area contributed by atoms with Gasteiger partial charge < -0.3 is 15.0 Å². The SMILES string of the molecule is CNCc1cc(Br)cnc1N1CCC(OC)C1. The lowest BCUT2D eigenvalue weighted by Gasteiger charge is -2.20. The summed E-state index contributed by atoms with van der Waals surface area (Å²) in [6, 6.07) is 2.12. The van der Waals surface area contributed by atoms with Gasteiger partial charge in [-0.3, -0.25) is 0 Å². The Morgan fingerprint density at radius 2 is 2.47 bits per heavy atom. The molecule has 1 aliphatic rings. The number of rotatable bonds is 4. The molecular weight excluding hydrogens is 282 g/mol. The lowest BCUT2D eigenvalue weighted by atomic mass is 10.2. The van der Waals surface area contributed by atoms with Crippen LogP contribution < -0.4 is 10.2 Å². The molecule has 2 rings (SSSR count). The number of hydrogen-bond donors (Lipinski definition) is 1. The first-order chi connectivity index (χ1) is 8.24. The number of nitrogens with one attached hydrogen (secondary N) is 1. The molecule has 1 N–H and O–H groups in total. The first-order valence-electron chi connectivity index (χ1n) is 5.81. The number of methoxy groups -OCH3 is 1. The van der Waals surface area contributed by atoms with Gasteiger partial charge in [0, 0.05) is 43.0 Å². The molecule has 1 aromatic rings. The Bertz CT molecular complexity index is 386. The summed E-state index contributed by atoms with van der Waals surface area (Å²) in [4.78, 5) is 6.83. The Morgan fingerprint density at radius 1 is 1.65 bits per heavy atom. The average molecular weight is 300 g/mol. The fourth-order valence-corrected chi connectivity index (χ4v) is 2.57. The number of pyridine rings is 1. The van der Waals surface area contributed by atoms with Gasteiger partial charge in [-0.25, -0.2) is 4.98 Å². The first-order valence-corrected chi connectivity index (χ1v) is 6.60. The van der Waals surface area contributed by atoms with Crippen LogP contribution in [0.5, 0.6) is 0 Å². The summed E-state index contributed by atoms with van der Waals surface area (Å²) in [6.07, 6.45) is 3.27. The number of hydrogen-bond acceptors (Lipinski definition) is 4. The third-order valence-corrected chi connectivity index (χ3v) is 3.49. The van der Waals surface area contributed by atoms with Crippen molar-refractivity contribution in [2.24, 2.45) is 0 Å². The normalized spacial score (nSPS) is 19.9. The number of aromatic nitrogens is 1. The lowest BCUT2D eigenvalue weighted by Crippen LogP contribution is -2.25. The Kier molecular flexibility index (Phi) is 4.36. The van der Waals surface area contributed by atoms with E-state index in [0.29, 0.717) is 6.10 Å². The molecule has 1 fully saturated rings. The maximum atomic E-state index is 5.39. The second kappa shape index (κ2) is 5.80. The van der Waals surface area contributed by atoms with E-state index in [4.69, 9.17) is 4.74 Å². The summed E-state index contributed by atoms with van der Waals surface area (Å²) >= 11 is 3.47. The quantitative estimate of drug-likeness (QED) is 0.920. The van der Waals surface area contributed by atoms with Crippen LogP contribution in [0.1, 0.15) is 12.0 Å². The van der Waals surface area contributed by atoms with Crippen LogP contribution in [0.4, 0.5) is 5.82 Å². The van der Waals surface area contributed by atoms with Crippen LogP contribution >= 0.6 is 15.9 Å². The first kappa shape index (κ1) is 12.8. The fraction of sp³-hybridized carbons (Fsp3) is 0.583. The maximum Gasteiger partial charge on any atom is 0.133 e. The van der Waals surface area contributed by atoms with E-state index in [1.165, 1.54) is 5.56 Å². The van der Waals surface area contributed by atoms with Gasteiger partial charge in [0.1, 0.15) is 5.82 Å². The molecule has 0 bridgehead atoms. The average Bonchev–Trinajstić information content (AvgIpc) is 2.78. The van der Waals surface area contributed by atoms with Gasteiger partial charge in [0.2, 0.25) is 0 Å². The molecule has 1 unspecified atom stereocenters. The zero-order valence-electron chi connectivity index (χ0n) is 10.2. The van der Waals surface area contributed by atoms with Gasteiger partial charge in [-0.1, -0.05) is 0 Å². The Balaban J connectivity index is 2.19. The molecule has 2 heterocycles. The summed E-state index contributed by atoms with van der Waals surface area (Å²) in [5, 5.41) is 3.18. The third-order valence-electron chi connectivity index (χ3n) is 3.05. The number of anilines is 1. The molecule has 1 atom stereocenters. The van der Waals surface area contributed by atoms with Gasteiger partial charge in [0.15, 0.2) is 0 Å².